The van der Waals surface area contributed by atoms with E-state index in [2.05, 4.69) is 5.32 Å². The summed E-state index contributed by atoms with van der Waals surface area (Å²) in [7, 11) is 1.85. The Morgan fingerprint density at radius 1 is 1.43 bits per heavy atom. The molecule has 1 aromatic rings. The molecule has 0 bridgehead atoms. The summed E-state index contributed by atoms with van der Waals surface area (Å²) in [6.07, 6.45) is 0.723. The number of amides is 1. The summed E-state index contributed by atoms with van der Waals surface area (Å²) in [5.41, 5.74) is 1.49. The first-order valence-corrected chi connectivity index (χ1v) is 6.99. The fourth-order valence-electron chi connectivity index (χ4n) is 2.41. The number of nitrogens with one attached hydrogen (secondary N) is 1. The van der Waals surface area contributed by atoms with Crippen molar-refractivity contribution in [1.82, 2.24) is 10.2 Å². The summed E-state index contributed by atoms with van der Waals surface area (Å²) in [6.45, 7) is 1.47. The molecule has 1 amide bonds. The van der Waals surface area contributed by atoms with Crippen molar-refractivity contribution in [1.29, 1.82) is 0 Å². The standard InChI is InChI=1S/C15H20N2O4/c1-16-7-6-11-4-2-3-5-12(11)14(18)17-8-9-21-10-13(17)15(19)20/h2-5,13,16H,6-10H2,1H3,(H,19,20). The van der Waals surface area contributed by atoms with Gasteiger partial charge in [-0.1, -0.05) is 18.2 Å². The van der Waals surface area contributed by atoms with E-state index in [0.29, 0.717) is 18.7 Å². The zero-order chi connectivity index (χ0) is 15.2. The molecule has 1 fully saturated rings. The lowest BCUT2D eigenvalue weighted by atomic mass is 10.0. The molecule has 6 heteroatoms. The van der Waals surface area contributed by atoms with E-state index in [9.17, 15) is 14.7 Å². The molecular weight excluding hydrogens is 272 g/mol. The SMILES string of the molecule is CNCCc1ccccc1C(=O)N1CCOCC1C(=O)O. The van der Waals surface area contributed by atoms with Crippen molar-refractivity contribution >= 4 is 11.9 Å². The van der Waals surface area contributed by atoms with Gasteiger partial charge < -0.3 is 20.1 Å². The first kappa shape index (κ1) is 15.5. The normalized spacial score (nSPS) is 18.5. The van der Waals surface area contributed by atoms with Crippen LogP contribution in [-0.2, 0) is 16.0 Å². The highest BCUT2D eigenvalue weighted by Gasteiger charge is 2.33. The maximum absolute atomic E-state index is 12.7. The quantitative estimate of drug-likeness (QED) is 0.820. The second-order valence-electron chi connectivity index (χ2n) is 4.94. The van der Waals surface area contributed by atoms with Crippen LogP contribution in [0, 0.1) is 0 Å². The fraction of sp³-hybridized carbons (Fsp3) is 0.467. The molecule has 1 saturated heterocycles. The molecule has 2 N–H and O–H groups in total. The third-order valence-corrected chi connectivity index (χ3v) is 3.57. The molecule has 1 aliphatic rings. The van der Waals surface area contributed by atoms with E-state index in [1.54, 1.807) is 12.1 Å². The summed E-state index contributed by atoms with van der Waals surface area (Å²) in [6, 6.07) is 6.42. The Morgan fingerprint density at radius 2 is 2.19 bits per heavy atom. The van der Waals surface area contributed by atoms with Crippen LogP contribution in [0.4, 0.5) is 0 Å². The molecule has 1 aromatic carbocycles. The smallest absolute Gasteiger partial charge is 0.328 e. The highest BCUT2D eigenvalue weighted by molar-refractivity contribution is 5.98. The number of morpholine rings is 1. The number of carbonyl (C=O) groups excluding carboxylic acids is 1. The van der Waals surface area contributed by atoms with Gasteiger partial charge in [-0.15, -0.1) is 0 Å². The molecule has 0 aliphatic carbocycles. The molecular formula is C15H20N2O4. The van der Waals surface area contributed by atoms with Gasteiger partial charge in [0.1, 0.15) is 0 Å². The van der Waals surface area contributed by atoms with E-state index in [1.807, 2.05) is 19.2 Å². The number of ether oxygens (including phenoxy) is 1. The van der Waals surface area contributed by atoms with E-state index < -0.39 is 12.0 Å². The van der Waals surface area contributed by atoms with E-state index in [1.165, 1.54) is 4.90 Å². The average molecular weight is 292 g/mol. The molecule has 2 rings (SSSR count). The summed E-state index contributed by atoms with van der Waals surface area (Å²) >= 11 is 0. The number of benzene rings is 1. The number of hydrogen-bond donors (Lipinski definition) is 2. The van der Waals surface area contributed by atoms with Gasteiger partial charge in [0.25, 0.3) is 5.91 Å². The number of aliphatic carboxylic acids is 1. The van der Waals surface area contributed by atoms with Crippen molar-refractivity contribution in [3.05, 3.63) is 35.4 Å². The highest BCUT2D eigenvalue weighted by Crippen LogP contribution is 2.16. The summed E-state index contributed by atoms with van der Waals surface area (Å²) in [5, 5.41) is 12.3. The maximum Gasteiger partial charge on any atom is 0.328 e. The lowest BCUT2D eigenvalue weighted by Gasteiger charge is -2.33. The maximum atomic E-state index is 12.7. The van der Waals surface area contributed by atoms with Gasteiger partial charge in [0.15, 0.2) is 6.04 Å². The summed E-state index contributed by atoms with van der Waals surface area (Å²) < 4.78 is 5.17. The molecule has 0 aromatic heterocycles. The zero-order valence-electron chi connectivity index (χ0n) is 12.0. The molecule has 0 saturated carbocycles. The lowest BCUT2D eigenvalue weighted by molar-refractivity contribution is -0.147. The van der Waals surface area contributed by atoms with Crippen LogP contribution >= 0.6 is 0 Å². The molecule has 0 radical (unpaired) electrons. The average Bonchev–Trinajstić information content (AvgIpc) is 2.52. The Morgan fingerprint density at radius 3 is 2.90 bits per heavy atom. The van der Waals surface area contributed by atoms with Crippen molar-refractivity contribution < 1.29 is 19.4 Å². The minimum atomic E-state index is -1.03. The van der Waals surface area contributed by atoms with E-state index in [4.69, 9.17) is 4.74 Å². The first-order valence-electron chi connectivity index (χ1n) is 6.99. The fourth-order valence-corrected chi connectivity index (χ4v) is 2.41. The second-order valence-corrected chi connectivity index (χ2v) is 4.94. The molecule has 0 spiro atoms. The Balaban J connectivity index is 2.24. The van der Waals surface area contributed by atoms with Crippen molar-refractivity contribution in [2.24, 2.45) is 0 Å². The third-order valence-electron chi connectivity index (χ3n) is 3.57. The molecule has 1 unspecified atom stereocenters. The van der Waals surface area contributed by atoms with Gasteiger partial charge >= 0.3 is 5.97 Å². The van der Waals surface area contributed by atoms with Crippen LogP contribution in [0.5, 0.6) is 0 Å². The van der Waals surface area contributed by atoms with E-state index >= 15 is 0 Å². The number of hydrogen-bond acceptors (Lipinski definition) is 4. The number of carboxylic acids is 1. The molecule has 1 heterocycles. The Hall–Kier alpha value is -1.92. The van der Waals surface area contributed by atoms with Crippen LogP contribution in [0.15, 0.2) is 24.3 Å². The molecule has 6 nitrogen and oxygen atoms in total. The Bertz CT molecular complexity index is 518. The number of rotatable bonds is 5. The molecule has 1 aliphatic heterocycles. The van der Waals surface area contributed by atoms with Crippen molar-refractivity contribution in [3.63, 3.8) is 0 Å². The van der Waals surface area contributed by atoms with Crippen LogP contribution in [0.1, 0.15) is 15.9 Å². The Labute approximate surface area is 123 Å². The largest absolute Gasteiger partial charge is 0.480 e. The van der Waals surface area contributed by atoms with Crippen LogP contribution in [0.25, 0.3) is 0 Å². The topological polar surface area (TPSA) is 78.9 Å². The monoisotopic (exact) mass is 292 g/mol. The van der Waals surface area contributed by atoms with Gasteiger partial charge in [0, 0.05) is 12.1 Å². The number of carboxylic acid groups (broad SMARTS) is 1. The van der Waals surface area contributed by atoms with E-state index in [-0.39, 0.29) is 12.5 Å². The van der Waals surface area contributed by atoms with Gasteiger partial charge in [0.05, 0.1) is 13.2 Å². The predicted octanol–water partition coefficient (Wildman–Crippen LogP) is 0.374. The highest BCUT2D eigenvalue weighted by atomic mass is 16.5. The number of carbonyl (C=O) groups is 2. The number of likely N-dealkylation sites (N-methyl/N-ethyl adjacent to an activating group) is 1. The first-order chi connectivity index (χ1) is 10.1. The third kappa shape index (κ3) is 3.59. The van der Waals surface area contributed by atoms with Crippen LogP contribution in [0.3, 0.4) is 0 Å². The minimum Gasteiger partial charge on any atom is -0.480 e. The van der Waals surface area contributed by atoms with E-state index in [0.717, 1.165) is 18.5 Å². The van der Waals surface area contributed by atoms with Gasteiger partial charge in [-0.3, -0.25) is 4.79 Å². The predicted molar refractivity (Wildman–Crippen MR) is 77.4 cm³/mol. The van der Waals surface area contributed by atoms with Gasteiger partial charge in [-0.05, 0) is 31.6 Å². The van der Waals surface area contributed by atoms with Crippen LogP contribution in [-0.4, -0.2) is 61.3 Å². The van der Waals surface area contributed by atoms with Gasteiger partial charge in [-0.2, -0.15) is 0 Å². The second kappa shape index (κ2) is 7.19. The van der Waals surface area contributed by atoms with Crippen molar-refractivity contribution in [3.8, 4) is 0 Å². The van der Waals surface area contributed by atoms with Crippen molar-refractivity contribution in [2.45, 2.75) is 12.5 Å². The number of nitrogens with zero attached hydrogens (tertiary/aromatic N) is 1. The zero-order valence-corrected chi connectivity index (χ0v) is 12.0. The molecule has 1 atom stereocenters. The Kier molecular flexibility index (Phi) is 5.30. The minimum absolute atomic E-state index is 0.0414. The summed E-state index contributed by atoms with van der Waals surface area (Å²) in [5.74, 6) is -1.27. The van der Waals surface area contributed by atoms with Crippen LogP contribution < -0.4 is 5.32 Å². The van der Waals surface area contributed by atoms with Gasteiger partial charge in [-0.25, -0.2) is 4.79 Å². The van der Waals surface area contributed by atoms with Crippen molar-refractivity contribution in [2.75, 3.05) is 33.4 Å². The van der Waals surface area contributed by atoms with Crippen LogP contribution in [0.2, 0.25) is 0 Å². The molecule has 21 heavy (non-hydrogen) atoms. The summed E-state index contributed by atoms with van der Waals surface area (Å²) in [4.78, 5) is 25.4. The lowest BCUT2D eigenvalue weighted by Crippen LogP contribution is -2.52. The van der Waals surface area contributed by atoms with Gasteiger partial charge in [0.2, 0.25) is 0 Å². The molecule has 114 valence electrons.